The van der Waals surface area contributed by atoms with E-state index in [0.29, 0.717) is 23.2 Å². The SMILES string of the molecule is C/C=C\C=C(\NC=Nc1cnc(NC(C)C)nc1NC)C(C)F. The van der Waals surface area contributed by atoms with Gasteiger partial charge in [-0.25, -0.2) is 14.4 Å². The molecule has 3 N–H and O–H groups in total. The summed E-state index contributed by atoms with van der Waals surface area (Å²) in [7, 11) is 1.76. The fraction of sp³-hybridized carbons (Fsp3) is 0.438. The van der Waals surface area contributed by atoms with E-state index in [2.05, 4.69) is 30.9 Å². The van der Waals surface area contributed by atoms with Crippen LogP contribution in [-0.2, 0) is 0 Å². The lowest BCUT2D eigenvalue weighted by Gasteiger charge is -2.11. The van der Waals surface area contributed by atoms with E-state index in [1.807, 2.05) is 26.8 Å². The Bertz CT molecular complexity index is 578. The predicted octanol–water partition coefficient (Wildman–Crippen LogP) is 3.41. The molecule has 7 heteroatoms. The number of alkyl halides is 1. The molecule has 1 heterocycles. The topological polar surface area (TPSA) is 74.2 Å². The van der Waals surface area contributed by atoms with Gasteiger partial charge in [0.15, 0.2) is 5.82 Å². The van der Waals surface area contributed by atoms with Crippen LogP contribution in [-0.4, -0.2) is 35.6 Å². The summed E-state index contributed by atoms with van der Waals surface area (Å²) < 4.78 is 13.5. The minimum atomic E-state index is -1.12. The van der Waals surface area contributed by atoms with Crippen molar-refractivity contribution in [3.05, 3.63) is 30.1 Å². The molecule has 126 valence electrons. The smallest absolute Gasteiger partial charge is 0.224 e. The normalized spacial score (nSPS) is 13.8. The van der Waals surface area contributed by atoms with Crippen molar-refractivity contribution in [1.82, 2.24) is 15.3 Å². The van der Waals surface area contributed by atoms with E-state index in [1.54, 1.807) is 25.4 Å². The van der Waals surface area contributed by atoms with Crippen molar-refractivity contribution in [2.75, 3.05) is 17.7 Å². The first kappa shape index (κ1) is 18.6. The molecule has 1 aromatic rings. The highest BCUT2D eigenvalue weighted by molar-refractivity contribution is 5.70. The van der Waals surface area contributed by atoms with E-state index in [-0.39, 0.29) is 6.04 Å². The molecule has 0 bridgehead atoms. The van der Waals surface area contributed by atoms with Gasteiger partial charge in [-0.15, -0.1) is 0 Å². The van der Waals surface area contributed by atoms with Gasteiger partial charge < -0.3 is 16.0 Å². The maximum atomic E-state index is 13.5. The average Bonchev–Trinajstić information content (AvgIpc) is 2.50. The number of nitrogens with one attached hydrogen (secondary N) is 3. The number of nitrogens with zero attached hydrogens (tertiary/aromatic N) is 3. The molecular formula is C16H25FN6. The second-order valence-electron chi connectivity index (χ2n) is 5.14. The molecule has 0 saturated heterocycles. The Morgan fingerprint density at radius 1 is 1.35 bits per heavy atom. The number of hydrogen-bond acceptors (Lipinski definition) is 5. The quantitative estimate of drug-likeness (QED) is 0.389. The lowest BCUT2D eigenvalue weighted by atomic mass is 10.3. The van der Waals surface area contributed by atoms with Crippen LogP contribution in [0.1, 0.15) is 27.7 Å². The van der Waals surface area contributed by atoms with Crippen molar-refractivity contribution < 1.29 is 4.39 Å². The largest absolute Gasteiger partial charge is 0.371 e. The first-order valence-corrected chi connectivity index (χ1v) is 7.55. The first-order valence-electron chi connectivity index (χ1n) is 7.55. The highest BCUT2D eigenvalue weighted by Crippen LogP contribution is 2.22. The number of allylic oxidation sites excluding steroid dienone is 4. The van der Waals surface area contributed by atoms with Gasteiger partial charge in [-0.3, -0.25) is 0 Å². The number of aliphatic imine (C=N–C) groups is 1. The van der Waals surface area contributed by atoms with Crippen molar-refractivity contribution in [2.24, 2.45) is 4.99 Å². The summed E-state index contributed by atoms with van der Waals surface area (Å²) in [4.78, 5) is 12.8. The van der Waals surface area contributed by atoms with Crippen LogP contribution in [0.3, 0.4) is 0 Å². The summed E-state index contributed by atoms with van der Waals surface area (Å²) in [6, 6.07) is 0.237. The van der Waals surface area contributed by atoms with Gasteiger partial charge in [0, 0.05) is 13.1 Å². The minimum absolute atomic E-state index is 0.237. The second-order valence-corrected chi connectivity index (χ2v) is 5.14. The molecule has 1 unspecified atom stereocenters. The summed E-state index contributed by atoms with van der Waals surface area (Å²) >= 11 is 0. The Balaban J connectivity index is 2.86. The molecular weight excluding hydrogens is 295 g/mol. The lowest BCUT2D eigenvalue weighted by Crippen LogP contribution is -2.17. The number of aromatic nitrogens is 2. The third-order valence-corrected chi connectivity index (χ3v) is 2.76. The lowest BCUT2D eigenvalue weighted by molar-refractivity contribution is 0.402. The van der Waals surface area contributed by atoms with Gasteiger partial charge >= 0.3 is 0 Å². The van der Waals surface area contributed by atoms with Crippen molar-refractivity contribution in [1.29, 1.82) is 0 Å². The first-order chi connectivity index (χ1) is 11.0. The number of halogens is 1. The van der Waals surface area contributed by atoms with Crippen LogP contribution in [0.5, 0.6) is 0 Å². The van der Waals surface area contributed by atoms with E-state index >= 15 is 0 Å². The molecule has 0 fully saturated rings. The molecule has 1 rings (SSSR count). The molecule has 0 radical (unpaired) electrons. The van der Waals surface area contributed by atoms with Crippen molar-refractivity contribution in [3.63, 3.8) is 0 Å². The molecule has 1 atom stereocenters. The Morgan fingerprint density at radius 3 is 2.65 bits per heavy atom. The molecule has 0 aliphatic carbocycles. The minimum Gasteiger partial charge on any atom is -0.371 e. The highest BCUT2D eigenvalue weighted by atomic mass is 19.1. The van der Waals surface area contributed by atoms with Gasteiger partial charge in [0.05, 0.1) is 18.2 Å². The number of anilines is 2. The molecule has 0 aromatic carbocycles. The van der Waals surface area contributed by atoms with Gasteiger partial charge in [0.2, 0.25) is 5.95 Å². The maximum absolute atomic E-state index is 13.5. The molecule has 6 nitrogen and oxygen atoms in total. The fourth-order valence-corrected chi connectivity index (χ4v) is 1.65. The Morgan fingerprint density at radius 2 is 2.09 bits per heavy atom. The second kappa shape index (κ2) is 9.55. The number of rotatable bonds is 8. The van der Waals surface area contributed by atoms with Gasteiger partial charge in [-0.05, 0) is 33.8 Å². The monoisotopic (exact) mass is 320 g/mol. The molecule has 0 spiro atoms. The molecule has 0 aliphatic heterocycles. The van der Waals surface area contributed by atoms with Crippen molar-refractivity contribution in [3.8, 4) is 0 Å². The molecule has 1 aromatic heterocycles. The van der Waals surface area contributed by atoms with Crippen LogP contribution in [0, 0.1) is 0 Å². The third kappa shape index (κ3) is 6.46. The molecule has 23 heavy (non-hydrogen) atoms. The summed E-state index contributed by atoms with van der Waals surface area (Å²) in [5.41, 5.74) is 0.989. The van der Waals surface area contributed by atoms with Gasteiger partial charge in [-0.1, -0.05) is 12.2 Å². The van der Waals surface area contributed by atoms with Crippen LogP contribution in [0.15, 0.2) is 35.1 Å². The van der Waals surface area contributed by atoms with Crippen LogP contribution >= 0.6 is 0 Å². The van der Waals surface area contributed by atoms with E-state index in [1.165, 1.54) is 13.3 Å². The van der Waals surface area contributed by atoms with E-state index in [0.717, 1.165) is 0 Å². The average molecular weight is 320 g/mol. The molecule has 0 amide bonds. The zero-order valence-corrected chi connectivity index (χ0v) is 14.3. The van der Waals surface area contributed by atoms with Crippen LogP contribution in [0.25, 0.3) is 0 Å². The van der Waals surface area contributed by atoms with Crippen LogP contribution in [0.4, 0.5) is 21.8 Å². The van der Waals surface area contributed by atoms with Crippen molar-refractivity contribution in [2.45, 2.75) is 39.9 Å². The third-order valence-electron chi connectivity index (χ3n) is 2.76. The van der Waals surface area contributed by atoms with Gasteiger partial charge in [0.25, 0.3) is 0 Å². The Hall–Kier alpha value is -2.44. The molecule has 0 saturated carbocycles. The summed E-state index contributed by atoms with van der Waals surface area (Å²) in [5.74, 6) is 1.12. The Kier molecular flexibility index (Phi) is 7.73. The highest BCUT2D eigenvalue weighted by Gasteiger charge is 2.06. The van der Waals surface area contributed by atoms with Gasteiger partial charge in [-0.2, -0.15) is 4.98 Å². The van der Waals surface area contributed by atoms with E-state index in [4.69, 9.17) is 0 Å². The van der Waals surface area contributed by atoms with Crippen LogP contribution in [0.2, 0.25) is 0 Å². The van der Waals surface area contributed by atoms with Crippen LogP contribution < -0.4 is 16.0 Å². The van der Waals surface area contributed by atoms with E-state index in [9.17, 15) is 4.39 Å². The van der Waals surface area contributed by atoms with Gasteiger partial charge in [0.1, 0.15) is 11.9 Å². The fourth-order valence-electron chi connectivity index (χ4n) is 1.65. The summed E-state index contributed by atoms with van der Waals surface area (Å²) in [5, 5.41) is 8.94. The van der Waals surface area contributed by atoms with Crippen molar-refractivity contribution >= 4 is 23.8 Å². The summed E-state index contributed by atoms with van der Waals surface area (Å²) in [6.07, 6.45) is 7.18. The standard InChI is InChI=1S/C16H25FN6/c1-6-7-8-13(12(4)17)20-10-21-14-9-19-16(22-11(2)3)23-15(14)18-5/h6-12H,1-5H3,(H,20,21)(H2,18,19,22,23)/b7-6-,13-8+. The number of hydrogen-bond donors (Lipinski definition) is 3. The van der Waals surface area contributed by atoms with E-state index < -0.39 is 6.17 Å². The zero-order valence-electron chi connectivity index (χ0n) is 14.3. The molecule has 0 aliphatic rings. The predicted molar refractivity (Wildman–Crippen MR) is 95.1 cm³/mol. The maximum Gasteiger partial charge on any atom is 0.224 e. The summed E-state index contributed by atoms with van der Waals surface area (Å²) in [6.45, 7) is 7.35. The Labute approximate surface area is 137 Å². The zero-order chi connectivity index (χ0) is 17.2.